The number of rotatable bonds is 4. The summed E-state index contributed by atoms with van der Waals surface area (Å²) in [6, 6.07) is 6.16. The summed E-state index contributed by atoms with van der Waals surface area (Å²) in [4.78, 5) is 11.5. The van der Waals surface area contributed by atoms with E-state index < -0.39 is 5.91 Å². The first-order valence-corrected chi connectivity index (χ1v) is 6.33. The maximum atomic E-state index is 13.4. The average Bonchev–Trinajstić information content (AvgIpc) is 3.23. The first kappa shape index (κ1) is 12.5. The molecule has 20 heavy (non-hydrogen) atoms. The Kier molecular flexibility index (Phi) is 3.06. The molecule has 1 fully saturated rings. The molecule has 1 saturated carbocycles. The summed E-state index contributed by atoms with van der Waals surface area (Å²) in [6.45, 7) is 0. The Hall–Kier alpha value is -2.50. The van der Waals surface area contributed by atoms with Crippen molar-refractivity contribution in [1.82, 2.24) is 10.2 Å². The van der Waals surface area contributed by atoms with Crippen molar-refractivity contribution in [3.05, 3.63) is 41.8 Å². The Morgan fingerprint density at radius 3 is 2.85 bits per heavy atom. The van der Waals surface area contributed by atoms with Crippen LogP contribution in [0.5, 0.6) is 0 Å². The highest BCUT2D eigenvalue weighted by atomic mass is 19.1. The van der Waals surface area contributed by atoms with Gasteiger partial charge in [0.15, 0.2) is 0 Å². The van der Waals surface area contributed by atoms with Crippen LogP contribution in [0.1, 0.15) is 23.2 Å². The van der Waals surface area contributed by atoms with Crippen molar-refractivity contribution in [3.8, 4) is 11.3 Å². The Morgan fingerprint density at radius 2 is 2.15 bits per heavy atom. The molecule has 0 radical (unpaired) electrons. The predicted molar refractivity (Wildman–Crippen MR) is 72.6 cm³/mol. The van der Waals surface area contributed by atoms with Crippen LogP contribution in [0.25, 0.3) is 11.3 Å². The van der Waals surface area contributed by atoms with Crippen LogP contribution in [0.4, 0.5) is 10.1 Å². The summed E-state index contributed by atoms with van der Waals surface area (Å²) in [7, 11) is 0. The molecule has 0 bridgehead atoms. The number of amides is 1. The number of hydrogen-bond donors (Lipinski definition) is 2. The first-order valence-electron chi connectivity index (χ1n) is 6.33. The van der Waals surface area contributed by atoms with Crippen molar-refractivity contribution < 1.29 is 9.18 Å². The van der Waals surface area contributed by atoms with Gasteiger partial charge in [0.05, 0.1) is 11.8 Å². The molecule has 0 atom stereocenters. The number of primary amides is 1. The van der Waals surface area contributed by atoms with Crippen LogP contribution in [0.15, 0.2) is 30.5 Å². The molecule has 1 aliphatic rings. The third kappa shape index (κ3) is 2.45. The summed E-state index contributed by atoms with van der Waals surface area (Å²) in [6.07, 6.45) is 3.51. The van der Waals surface area contributed by atoms with Crippen molar-refractivity contribution in [2.45, 2.75) is 18.9 Å². The molecule has 6 heteroatoms. The number of anilines is 1. The zero-order valence-electron chi connectivity index (χ0n) is 10.6. The lowest BCUT2D eigenvalue weighted by atomic mass is 10.0. The molecule has 1 heterocycles. The molecular weight excluding hydrogens is 259 g/mol. The molecule has 0 unspecified atom stereocenters. The smallest absolute Gasteiger partial charge is 0.251 e. The third-order valence-electron chi connectivity index (χ3n) is 3.16. The Balaban J connectivity index is 2.11. The fourth-order valence-electron chi connectivity index (χ4n) is 2.02. The fraction of sp³-hybridized carbons (Fsp3) is 0.214. The zero-order chi connectivity index (χ0) is 14.1. The molecule has 1 aromatic carbocycles. The number of benzene rings is 1. The molecule has 5 nitrogen and oxygen atoms in total. The van der Waals surface area contributed by atoms with E-state index in [0.29, 0.717) is 23.0 Å². The van der Waals surface area contributed by atoms with Crippen LogP contribution in [-0.4, -0.2) is 22.1 Å². The van der Waals surface area contributed by atoms with E-state index in [0.717, 1.165) is 12.8 Å². The van der Waals surface area contributed by atoms with E-state index in [9.17, 15) is 9.18 Å². The maximum absolute atomic E-state index is 13.4. The van der Waals surface area contributed by atoms with Crippen LogP contribution in [0.3, 0.4) is 0 Å². The molecule has 0 saturated heterocycles. The predicted octanol–water partition coefficient (Wildman–Crippen LogP) is 1.96. The Bertz CT molecular complexity index is 670. The first-order chi connectivity index (χ1) is 9.65. The second-order valence-corrected chi connectivity index (χ2v) is 4.77. The van der Waals surface area contributed by atoms with Gasteiger partial charge in [-0.25, -0.2) is 4.39 Å². The molecule has 1 amide bonds. The summed E-state index contributed by atoms with van der Waals surface area (Å²) in [5.41, 5.74) is 7.21. The van der Waals surface area contributed by atoms with Gasteiger partial charge in [-0.05, 0) is 37.1 Å². The monoisotopic (exact) mass is 272 g/mol. The minimum atomic E-state index is -0.586. The van der Waals surface area contributed by atoms with Gasteiger partial charge in [0.25, 0.3) is 5.91 Å². The van der Waals surface area contributed by atoms with Crippen LogP contribution in [-0.2, 0) is 0 Å². The molecule has 0 aliphatic heterocycles. The Morgan fingerprint density at radius 1 is 1.35 bits per heavy atom. The molecule has 0 spiro atoms. The second kappa shape index (κ2) is 4.88. The van der Waals surface area contributed by atoms with Gasteiger partial charge in [-0.1, -0.05) is 0 Å². The van der Waals surface area contributed by atoms with E-state index >= 15 is 0 Å². The topological polar surface area (TPSA) is 80.9 Å². The van der Waals surface area contributed by atoms with E-state index in [1.807, 2.05) is 0 Å². The molecule has 3 rings (SSSR count). The van der Waals surface area contributed by atoms with E-state index in [1.54, 1.807) is 6.07 Å². The van der Waals surface area contributed by atoms with Crippen molar-refractivity contribution >= 4 is 11.6 Å². The molecule has 3 N–H and O–H groups in total. The van der Waals surface area contributed by atoms with Crippen LogP contribution in [0, 0.1) is 5.82 Å². The van der Waals surface area contributed by atoms with Gasteiger partial charge in [-0.15, -0.1) is 5.10 Å². The number of nitrogens with zero attached hydrogens (tertiary/aromatic N) is 2. The lowest BCUT2D eigenvalue weighted by Gasteiger charge is -2.12. The van der Waals surface area contributed by atoms with E-state index in [-0.39, 0.29) is 11.4 Å². The molecule has 1 aliphatic carbocycles. The van der Waals surface area contributed by atoms with Gasteiger partial charge in [0.1, 0.15) is 11.5 Å². The second-order valence-electron chi connectivity index (χ2n) is 4.77. The van der Waals surface area contributed by atoms with Gasteiger partial charge in [-0.2, -0.15) is 5.10 Å². The van der Waals surface area contributed by atoms with Crippen LogP contribution >= 0.6 is 0 Å². The van der Waals surface area contributed by atoms with Crippen molar-refractivity contribution in [2.24, 2.45) is 5.73 Å². The van der Waals surface area contributed by atoms with Crippen molar-refractivity contribution in [1.29, 1.82) is 0 Å². The molecular formula is C14H13FN4O. The maximum Gasteiger partial charge on any atom is 0.251 e. The van der Waals surface area contributed by atoms with E-state index in [4.69, 9.17) is 5.73 Å². The highest BCUT2D eigenvalue weighted by molar-refractivity contribution is 6.00. The minimum Gasteiger partial charge on any atom is -0.382 e. The largest absolute Gasteiger partial charge is 0.382 e. The van der Waals surface area contributed by atoms with Gasteiger partial charge in [0, 0.05) is 17.3 Å². The number of halogens is 1. The summed E-state index contributed by atoms with van der Waals surface area (Å²) < 4.78 is 13.4. The third-order valence-corrected chi connectivity index (χ3v) is 3.16. The normalized spacial score (nSPS) is 14.1. The molecule has 102 valence electrons. The number of nitrogens with two attached hydrogens (primary N) is 1. The van der Waals surface area contributed by atoms with Gasteiger partial charge in [0.2, 0.25) is 0 Å². The molecule has 1 aromatic heterocycles. The SMILES string of the molecule is NC(=O)c1ccnnc1-c1ccc(F)cc1NC1CC1. The van der Waals surface area contributed by atoms with Crippen LogP contribution < -0.4 is 11.1 Å². The highest BCUT2D eigenvalue weighted by Crippen LogP contribution is 2.33. The summed E-state index contributed by atoms with van der Waals surface area (Å²) >= 11 is 0. The average molecular weight is 272 g/mol. The number of nitrogens with one attached hydrogen (secondary N) is 1. The van der Waals surface area contributed by atoms with Gasteiger partial charge < -0.3 is 11.1 Å². The highest BCUT2D eigenvalue weighted by Gasteiger charge is 2.23. The lowest BCUT2D eigenvalue weighted by Crippen LogP contribution is -2.14. The minimum absolute atomic E-state index is 0.269. The lowest BCUT2D eigenvalue weighted by molar-refractivity contribution is 0.100. The summed E-state index contributed by atoms with van der Waals surface area (Å²) in [5.74, 6) is -0.932. The zero-order valence-corrected chi connectivity index (χ0v) is 10.6. The van der Waals surface area contributed by atoms with E-state index in [1.165, 1.54) is 24.4 Å². The van der Waals surface area contributed by atoms with Crippen molar-refractivity contribution in [3.63, 3.8) is 0 Å². The van der Waals surface area contributed by atoms with Crippen LogP contribution in [0.2, 0.25) is 0 Å². The Labute approximate surface area is 115 Å². The number of carbonyl (C=O) groups excluding carboxylic acids is 1. The standard InChI is InChI=1S/C14H13FN4O/c15-8-1-4-10(12(7-8)18-9-2-3-9)13-11(14(16)20)5-6-17-19-13/h1,4-7,9,18H,2-3H2,(H2,16,20). The van der Waals surface area contributed by atoms with Gasteiger partial charge >= 0.3 is 0 Å². The number of hydrogen-bond acceptors (Lipinski definition) is 4. The van der Waals surface area contributed by atoms with E-state index in [2.05, 4.69) is 15.5 Å². The number of carbonyl (C=O) groups is 1. The molecule has 2 aromatic rings. The van der Waals surface area contributed by atoms with Crippen molar-refractivity contribution in [2.75, 3.05) is 5.32 Å². The van der Waals surface area contributed by atoms with Gasteiger partial charge in [-0.3, -0.25) is 4.79 Å². The fourth-order valence-corrected chi connectivity index (χ4v) is 2.02. The quantitative estimate of drug-likeness (QED) is 0.891. The summed E-state index contributed by atoms with van der Waals surface area (Å²) in [5, 5.41) is 11.0. The number of aromatic nitrogens is 2.